The first-order chi connectivity index (χ1) is 13.2. The van der Waals surface area contributed by atoms with E-state index in [-0.39, 0.29) is 24.4 Å². The summed E-state index contributed by atoms with van der Waals surface area (Å²) in [6.45, 7) is 3.49. The minimum atomic E-state index is -0.193. The number of carbonyl (C=O) groups excluding carboxylic acids is 1. The van der Waals surface area contributed by atoms with E-state index >= 15 is 0 Å². The molecular formula is C19H26ClN5O3. The Balaban J connectivity index is 0.00000225. The van der Waals surface area contributed by atoms with Gasteiger partial charge >= 0.3 is 0 Å². The molecule has 0 bridgehead atoms. The maximum atomic E-state index is 12.8. The van der Waals surface area contributed by atoms with E-state index in [9.17, 15) is 4.79 Å². The number of nitrogens with two attached hydrogens (primary N) is 1. The summed E-state index contributed by atoms with van der Waals surface area (Å²) in [5.41, 5.74) is 7.67. The number of nitrogens with one attached hydrogen (secondary N) is 1. The van der Waals surface area contributed by atoms with Gasteiger partial charge in [-0.2, -0.15) is 0 Å². The lowest BCUT2D eigenvalue weighted by molar-refractivity contribution is 0.0902. The van der Waals surface area contributed by atoms with Crippen molar-refractivity contribution in [2.75, 3.05) is 19.8 Å². The number of amides is 1. The normalized spacial score (nSPS) is 20.9. The van der Waals surface area contributed by atoms with Crippen LogP contribution in [0.15, 0.2) is 18.2 Å². The third-order valence-corrected chi connectivity index (χ3v) is 5.41. The second kappa shape index (κ2) is 8.79. The molecule has 1 saturated carbocycles. The molecule has 1 fully saturated rings. The van der Waals surface area contributed by atoms with Crippen molar-refractivity contribution in [3.63, 3.8) is 0 Å². The van der Waals surface area contributed by atoms with Crippen LogP contribution in [0.5, 0.6) is 11.5 Å². The second-order valence-corrected chi connectivity index (χ2v) is 7.12. The van der Waals surface area contributed by atoms with Crippen LogP contribution in [0, 0.1) is 12.8 Å². The van der Waals surface area contributed by atoms with E-state index in [2.05, 4.69) is 15.6 Å². The zero-order valence-corrected chi connectivity index (χ0v) is 16.7. The lowest BCUT2D eigenvalue weighted by Gasteiger charge is -2.31. The summed E-state index contributed by atoms with van der Waals surface area (Å²) in [6, 6.07) is 5.68. The van der Waals surface area contributed by atoms with Crippen molar-refractivity contribution in [1.29, 1.82) is 0 Å². The molecule has 1 aromatic heterocycles. The highest BCUT2D eigenvalue weighted by Gasteiger charge is 2.27. The van der Waals surface area contributed by atoms with Crippen molar-refractivity contribution in [2.45, 2.75) is 38.6 Å². The summed E-state index contributed by atoms with van der Waals surface area (Å²) in [5.74, 6) is 1.52. The van der Waals surface area contributed by atoms with Gasteiger partial charge < -0.3 is 20.5 Å². The number of hydrogen-bond donors (Lipinski definition) is 2. The van der Waals surface area contributed by atoms with Crippen LogP contribution in [0.2, 0.25) is 0 Å². The van der Waals surface area contributed by atoms with Gasteiger partial charge in [-0.1, -0.05) is 18.1 Å². The van der Waals surface area contributed by atoms with Crippen LogP contribution >= 0.6 is 12.4 Å². The summed E-state index contributed by atoms with van der Waals surface area (Å²) in [6.07, 6.45) is 4.31. The third-order valence-electron chi connectivity index (χ3n) is 5.41. The summed E-state index contributed by atoms with van der Waals surface area (Å²) in [7, 11) is 0. The van der Waals surface area contributed by atoms with Crippen LogP contribution in [0.25, 0.3) is 5.69 Å². The lowest BCUT2D eigenvalue weighted by atomic mass is 9.84. The average Bonchev–Trinajstić information content (AvgIpc) is 3.09. The van der Waals surface area contributed by atoms with Crippen LogP contribution in [-0.4, -0.2) is 46.7 Å². The Kier molecular flexibility index (Phi) is 6.41. The summed E-state index contributed by atoms with van der Waals surface area (Å²) in [4.78, 5) is 12.8. The SMILES string of the molecule is Cc1c(C(=O)NC2CCCCC2CN)nnn1-c1ccc2c(c1)OCCO2.Cl. The lowest BCUT2D eigenvalue weighted by Crippen LogP contribution is -2.45. The largest absolute Gasteiger partial charge is 0.486 e. The molecule has 28 heavy (non-hydrogen) atoms. The number of aromatic nitrogens is 3. The zero-order chi connectivity index (χ0) is 18.8. The van der Waals surface area contributed by atoms with Gasteiger partial charge in [0, 0.05) is 12.1 Å². The van der Waals surface area contributed by atoms with Crippen molar-refractivity contribution in [2.24, 2.45) is 11.7 Å². The molecule has 0 radical (unpaired) electrons. The number of hydrogen-bond acceptors (Lipinski definition) is 6. The van der Waals surface area contributed by atoms with E-state index in [0.717, 1.165) is 24.9 Å². The molecule has 1 aromatic carbocycles. The molecule has 1 amide bonds. The van der Waals surface area contributed by atoms with Gasteiger partial charge in [-0.3, -0.25) is 4.79 Å². The first kappa shape index (κ1) is 20.4. The van der Waals surface area contributed by atoms with E-state index in [4.69, 9.17) is 15.2 Å². The van der Waals surface area contributed by atoms with Gasteiger partial charge in [0.25, 0.3) is 5.91 Å². The van der Waals surface area contributed by atoms with E-state index in [1.54, 1.807) is 4.68 Å². The molecule has 9 heteroatoms. The maximum absolute atomic E-state index is 12.8. The van der Waals surface area contributed by atoms with Crippen molar-refractivity contribution < 1.29 is 14.3 Å². The fraction of sp³-hybridized carbons (Fsp3) is 0.526. The molecule has 152 valence electrons. The van der Waals surface area contributed by atoms with Gasteiger partial charge in [-0.05, 0) is 44.4 Å². The number of benzene rings is 1. The standard InChI is InChI=1S/C19H25N5O3.ClH/c1-12-18(19(25)21-15-5-3-2-4-13(15)11-20)22-23-24(12)14-6-7-16-17(10-14)27-9-8-26-16;/h6-7,10,13,15H,2-5,8-9,11,20H2,1H3,(H,21,25);1H. The molecule has 2 heterocycles. The van der Waals surface area contributed by atoms with Crippen LogP contribution in [-0.2, 0) is 0 Å². The number of rotatable bonds is 4. The quantitative estimate of drug-likeness (QED) is 0.803. The number of nitrogens with zero attached hydrogens (tertiary/aromatic N) is 3. The minimum absolute atomic E-state index is 0. The van der Waals surface area contributed by atoms with Crippen molar-refractivity contribution in [3.8, 4) is 17.2 Å². The Bertz CT molecular complexity index is 841. The highest BCUT2D eigenvalue weighted by Crippen LogP contribution is 2.32. The van der Waals surface area contributed by atoms with E-state index < -0.39 is 0 Å². The number of ether oxygens (including phenoxy) is 2. The van der Waals surface area contributed by atoms with Crippen LogP contribution < -0.4 is 20.5 Å². The molecule has 2 aliphatic rings. The smallest absolute Gasteiger partial charge is 0.273 e. The Hall–Kier alpha value is -2.32. The monoisotopic (exact) mass is 407 g/mol. The van der Waals surface area contributed by atoms with Gasteiger partial charge in [-0.15, -0.1) is 17.5 Å². The van der Waals surface area contributed by atoms with Crippen molar-refractivity contribution in [3.05, 3.63) is 29.6 Å². The Labute approximate surface area is 170 Å². The Morgan fingerprint density at radius 1 is 1.25 bits per heavy atom. The number of halogens is 1. The molecule has 2 aromatic rings. The van der Waals surface area contributed by atoms with Crippen molar-refractivity contribution in [1.82, 2.24) is 20.3 Å². The molecule has 0 saturated heterocycles. The number of carbonyl (C=O) groups is 1. The fourth-order valence-electron chi connectivity index (χ4n) is 3.86. The van der Waals surface area contributed by atoms with Gasteiger partial charge in [0.2, 0.25) is 0 Å². The highest BCUT2D eigenvalue weighted by molar-refractivity contribution is 5.93. The summed E-state index contributed by atoms with van der Waals surface area (Å²) in [5, 5.41) is 11.4. The topological polar surface area (TPSA) is 104 Å². The second-order valence-electron chi connectivity index (χ2n) is 7.12. The summed E-state index contributed by atoms with van der Waals surface area (Å²) >= 11 is 0. The van der Waals surface area contributed by atoms with Crippen LogP contribution in [0.1, 0.15) is 41.9 Å². The molecule has 3 N–H and O–H groups in total. The average molecular weight is 408 g/mol. The first-order valence-electron chi connectivity index (χ1n) is 9.50. The predicted molar refractivity (Wildman–Crippen MR) is 107 cm³/mol. The molecular weight excluding hydrogens is 382 g/mol. The first-order valence-corrected chi connectivity index (χ1v) is 9.50. The summed E-state index contributed by atoms with van der Waals surface area (Å²) < 4.78 is 12.8. The van der Waals surface area contributed by atoms with Crippen molar-refractivity contribution >= 4 is 18.3 Å². The van der Waals surface area contributed by atoms with Crippen LogP contribution in [0.3, 0.4) is 0 Å². The Morgan fingerprint density at radius 3 is 2.79 bits per heavy atom. The molecule has 4 rings (SSSR count). The van der Waals surface area contributed by atoms with Gasteiger partial charge in [0.15, 0.2) is 17.2 Å². The van der Waals surface area contributed by atoms with Gasteiger partial charge in [0.1, 0.15) is 13.2 Å². The predicted octanol–water partition coefficient (Wildman–Crippen LogP) is 2.02. The van der Waals surface area contributed by atoms with Gasteiger partial charge in [0.05, 0.1) is 11.4 Å². The third kappa shape index (κ3) is 3.93. The Morgan fingerprint density at radius 2 is 2.00 bits per heavy atom. The molecule has 2 atom stereocenters. The highest BCUT2D eigenvalue weighted by atomic mass is 35.5. The molecule has 2 unspecified atom stereocenters. The number of fused-ring (bicyclic) bond motifs is 1. The molecule has 8 nitrogen and oxygen atoms in total. The van der Waals surface area contributed by atoms with Crippen LogP contribution in [0.4, 0.5) is 0 Å². The molecule has 0 spiro atoms. The maximum Gasteiger partial charge on any atom is 0.273 e. The molecule has 1 aliphatic heterocycles. The zero-order valence-electron chi connectivity index (χ0n) is 15.9. The van der Waals surface area contributed by atoms with E-state index in [1.807, 2.05) is 25.1 Å². The molecule has 1 aliphatic carbocycles. The van der Waals surface area contributed by atoms with Gasteiger partial charge in [-0.25, -0.2) is 4.68 Å². The fourth-order valence-corrected chi connectivity index (χ4v) is 3.86. The minimum Gasteiger partial charge on any atom is -0.486 e. The van der Waals surface area contributed by atoms with E-state index in [1.165, 1.54) is 6.42 Å². The van der Waals surface area contributed by atoms with E-state index in [0.29, 0.717) is 48.6 Å².